The molecule has 8 heteroatoms. The van der Waals surface area contributed by atoms with Crippen molar-refractivity contribution < 1.29 is 13.2 Å². The molecule has 2 rings (SSSR count). The Morgan fingerprint density at radius 3 is 2.78 bits per heavy atom. The van der Waals surface area contributed by atoms with Gasteiger partial charge in [-0.05, 0) is 6.07 Å². The average molecular weight is 266 g/mol. The normalized spacial score (nSPS) is 19.9. The number of rotatable bonds is 2. The highest BCUT2D eigenvalue weighted by atomic mass is 32.2. The molecule has 0 aliphatic carbocycles. The van der Waals surface area contributed by atoms with Gasteiger partial charge in [-0.15, -0.1) is 0 Å². The van der Waals surface area contributed by atoms with E-state index in [9.17, 15) is 13.2 Å². The van der Waals surface area contributed by atoms with Crippen LogP contribution in [-0.2, 0) is 14.8 Å². The standard InChI is InChI=1S/C10H10N4O3S/c11-3-7-1-8(5-13-4-7)14-6-9(2-10(14)15)18(12,16)17/h1,4-5,9H,2,6H2,(H2,12,16,17). The van der Waals surface area contributed by atoms with E-state index in [-0.39, 0.29) is 18.9 Å². The van der Waals surface area contributed by atoms with Gasteiger partial charge in [0, 0.05) is 19.2 Å². The third-order valence-electron chi connectivity index (χ3n) is 2.72. The molecule has 1 aliphatic rings. The zero-order valence-corrected chi connectivity index (χ0v) is 10.1. The fraction of sp³-hybridized carbons (Fsp3) is 0.300. The molecule has 0 bridgehead atoms. The predicted octanol–water partition coefficient (Wildman–Crippen LogP) is -0.653. The van der Waals surface area contributed by atoms with Crippen LogP contribution in [0.1, 0.15) is 12.0 Å². The highest BCUT2D eigenvalue weighted by molar-refractivity contribution is 7.89. The summed E-state index contributed by atoms with van der Waals surface area (Å²) in [5.74, 6) is -0.342. The molecular formula is C10H10N4O3S. The Kier molecular flexibility index (Phi) is 3.02. The number of nitrogens with zero attached hydrogens (tertiary/aromatic N) is 3. The van der Waals surface area contributed by atoms with Crippen molar-refractivity contribution in [1.82, 2.24) is 4.98 Å². The maximum absolute atomic E-state index is 11.7. The highest BCUT2D eigenvalue weighted by Gasteiger charge is 2.37. The van der Waals surface area contributed by atoms with Gasteiger partial charge in [0.2, 0.25) is 15.9 Å². The molecule has 7 nitrogen and oxygen atoms in total. The summed E-state index contributed by atoms with van der Waals surface area (Å²) in [6.45, 7) is -0.00573. The molecule has 18 heavy (non-hydrogen) atoms. The number of hydrogen-bond donors (Lipinski definition) is 1. The fourth-order valence-corrected chi connectivity index (χ4v) is 2.51. The van der Waals surface area contributed by atoms with Crippen LogP contribution in [0.3, 0.4) is 0 Å². The Labute approximate surface area is 104 Å². The molecule has 1 fully saturated rings. The molecule has 1 saturated heterocycles. The first-order valence-electron chi connectivity index (χ1n) is 5.09. The number of amides is 1. The number of anilines is 1. The summed E-state index contributed by atoms with van der Waals surface area (Å²) < 4.78 is 22.4. The van der Waals surface area contributed by atoms with Crippen LogP contribution >= 0.6 is 0 Å². The molecule has 1 aromatic rings. The predicted molar refractivity (Wildman–Crippen MR) is 62.8 cm³/mol. The number of hydrogen-bond acceptors (Lipinski definition) is 5. The quantitative estimate of drug-likeness (QED) is 0.763. The number of sulfonamides is 1. The van der Waals surface area contributed by atoms with E-state index in [1.807, 2.05) is 6.07 Å². The number of aromatic nitrogens is 1. The van der Waals surface area contributed by atoms with Crippen molar-refractivity contribution in [3.63, 3.8) is 0 Å². The number of carbonyl (C=O) groups excluding carboxylic acids is 1. The van der Waals surface area contributed by atoms with E-state index in [4.69, 9.17) is 10.4 Å². The summed E-state index contributed by atoms with van der Waals surface area (Å²) in [4.78, 5) is 16.8. The first-order chi connectivity index (χ1) is 8.41. The summed E-state index contributed by atoms with van der Waals surface area (Å²) in [6, 6.07) is 3.39. The summed E-state index contributed by atoms with van der Waals surface area (Å²) in [7, 11) is -3.74. The minimum Gasteiger partial charge on any atom is -0.309 e. The van der Waals surface area contributed by atoms with Gasteiger partial charge in [0.15, 0.2) is 0 Å². The topological polar surface area (TPSA) is 117 Å². The number of nitriles is 1. The highest BCUT2D eigenvalue weighted by Crippen LogP contribution is 2.23. The monoisotopic (exact) mass is 266 g/mol. The molecule has 1 atom stereocenters. The van der Waals surface area contributed by atoms with E-state index >= 15 is 0 Å². The lowest BCUT2D eigenvalue weighted by Crippen LogP contribution is -2.32. The van der Waals surface area contributed by atoms with Crippen molar-refractivity contribution in [1.29, 1.82) is 5.26 Å². The molecule has 2 heterocycles. The zero-order valence-electron chi connectivity index (χ0n) is 9.28. The Morgan fingerprint density at radius 1 is 1.50 bits per heavy atom. The lowest BCUT2D eigenvalue weighted by atomic mass is 10.3. The van der Waals surface area contributed by atoms with Crippen LogP contribution in [0.2, 0.25) is 0 Å². The molecule has 0 radical (unpaired) electrons. The molecule has 1 aliphatic heterocycles. The van der Waals surface area contributed by atoms with Crippen LogP contribution in [0.15, 0.2) is 18.5 Å². The molecular weight excluding hydrogens is 256 g/mol. The summed E-state index contributed by atoms with van der Waals surface area (Å²) in [5, 5.41) is 12.9. The SMILES string of the molecule is N#Cc1cncc(N2CC(S(N)(=O)=O)CC2=O)c1. The largest absolute Gasteiger partial charge is 0.309 e. The van der Waals surface area contributed by atoms with Crippen molar-refractivity contribution in [2.24, 2.45) is 5.14 Å². The molecule has 0 saturated carbocycles. The Hall–Kier alpha value is -1.98. The second-order valence-corrected chi connectivity index (χ2v) is 5.81. The van der Waals surface area contributed by atoms with E-state index in [0.717, 1.165) is 0 Å². The van der Waals surface area contributed by atoms with Gasteiger partial charge in [0.1, 0.15) is 11.3 Å². The van der Waals surface area contributed by atoms with Crippen LogP contribution in [0.25, 0.3) is 0 Å². The van der Waals surface area contributed by atoms with E-state index < -0.39 is 15.3 Å². The molecule has 1 unspecified atom stereocenters. The molecule has 94 valence electrons. The van der Waals surface area contributed by atoms with Crippen LogP contribution in [0.4, 0.5) is 5.69 Å². The summed E-state index contributed by atoms with van der Waals surface area (Å²) >= 11 is 0. The van der Waals surface area contributed by atoms with Crippen molar-refractivity contribution >= 4 is 21.6 Å². The van der Waals surface area contributed by atoms with Crippen LogP contribution in [-0.4, -0.2) is 31.1 Å². The lowest BCUT2D eigenvalue weighted by Gasteiger charge is -2.15. The second-order valence-electron chi connectivity index (χ2n) is 3.96. The molecule has 0 spiro atoms. The number of nitrogens with two attached hydrogens (primary N) is 1. The molecule has 1 amide bonds. The number of primary sulfonamides is 1. The smallest absolute Gasteiger partial charge is 0.228 e. The van der Waals surface area contributed by atoms with Gasteiger partial charge in [0.25, 0.3) is 0 Å². The van der Waals surface area contributed by atoms with Gasteiger partial charge < -0.3 is 4.90 Å². The Bertz CT molecular complexity index is 635. The fourth-order valence-electron chi connectivity index (χ4n) is 1.78. The molecule has 2 N–H and O–H groups in total. The first kappa shape index (κ1) is 12.5. The molecule has 1 aromatic heterocycles. The van der Waals surface area contributed by atoms with Crippen LogP contribution < -0.4 is 10.0 Å². The van der Waals surface area contributed by atoms with Crippen LogP contribution in [0.5, 0.6) is 0 Å². The van der Waals surface area contributed by atoms with Gasteiger partial charge in [-0.2, -0.15) is 5.26 Å². The van der Waals surface area contributed by atoms with Gasteiger partial charge in [-0.3, -0.25) is 9.78 Å². The summed E-state index contributed by atoms with van der Waals surface area (Å²) in [6.07, 6.45) is 2.63. The third-order valence-corrected chi connectivity index (χ3v) is 3.96. The third kappa shape index (κ3) is 2.32. The van der Waals surface area contributed by atoms with Gasteiger partial charge >= 0.3 is 0 Å². The maximum Gasteiger partial charge on any atom is 0.228 e. The Morgan fingerprint density at radius 2 is 2.22 bits per heavy atom. The van der Waals surface area contributed by atoms with Gasteiger partial charge in [-0.1, -0.05) is 0 Å². The van der Waals surface area contributed by atoms with E-state index in [2.05, 4.69) is 4.98 Å². The van der Waals surface area contributed by atoms with Crippen LogP contribution in [0, 0.1) is 11.3 Å². The first-order valence-corrected chi connectivity index (χ1v) is 6.70. The van der Waals surface area contributed by atoms with Crippen molar-refractivity contribution in [2.75, 3.05) is 11.4 Å². The minimum atomic E-state index is -3.74. The van der Waals surface area contributed by atoms with E-state index in [1.165, 1.54) is 23.4 Å². The van der Waals surface area contributed by atoms with E-state index in [0.29, 0.717) is 11.3 Å². The Balaban J connectivity index is 2.30. The number of pyridine rings is 1. The number of carbonyl (C=O) groups is 1. The lowest BCUT2D eigenvalue weighted by molar-refractivity contribution is -0.117. The van der Waals surface area contributed by atoms with Crippen molar-refractivity contribution in [3.05, 3.63) is 24.0 Å². The van der Waals surface area contributed by atoms with Gasteiger partial charge in [-0.25, -0.2) is 13.6 Å². The summed E-state index contributed by atoms with van der Waals surface area (Å²) in [5.41, 5.74) is 0.713. The average Bonchev–Trinajstić information content (AvgIpc) is 2.71. The van der Waals surface area contributed by atoms with Crippen molar-refractivity contribution in [3.8, 4) is 6.07 Å². The van der Waals surface area contributed by atoms with E-state index in [1.54, 1.807) is 0 Å². The van der Waals surface area contributed by atoms with Crippen molar-refractivity contribution in [2.45, 2.75) is 11.7 Å². The minimum absolute atomic E-state index is 0.00573. The zero-order chi connectivity index (χ0) is 13.3. The second kappa shape index (κ2) is 4.36. The molecule has 0 aromatic carbocycles. The maximum atomic E-state index is 11.7. The van der Waals surface area contributed by atoms with Gasteiger partial charge in [0.05, 0.1) is 17.4 Å².